The summed E-state index contributed by atoms with van der Waals surface area (Å²) in [7, 11) is 0. The van der Waals surface area contributed by atoms with Crippen LogP contribution in [0.25, 0.3) is 0 Å². The first kappa shape index (κ1) is 17.4. The number of carboxylic acids is 1. The Morgan fingerprint density at radius 3 is 2.62 bits per heavy atom. The second kappa shape index (κ2) is 7.97. The number of nitrogen functional groups attached to an aromatic ring is 1. The van der Waals surface area contributed by atoms with Crippen LogP contribution < -0.4 is 5.73 Å². The Balaban J connectivity index is 3.18. The van der Waals surface area contributed by atoms with Crippen molar-refractivity contribution in [2.75, 3.05) is 12.3 Å². The molecule has 0 spiro atoms. The Hall–Kier alpha value is -1.63. The monoisotopic (exact) mass is 314 g/mol. The molecule has 0 radical (unpaired) electrons. The normalized spacial score (nSPS) is 13.6. The van der Waals surface area contributed by atoms with Gasteiger partial charge in [0.05, 0.1) is 12.3 Å². The molecule has 0 amide bonds. The predicted octanol–water partition coefficient (Wildman–Crippen LogP) is 2.58. The second-order valence-corrected chi connectivity index (χ2v) is 5.76. The van der Waals surface area contributed by atoms with Crippen LogP contribution in [-0.4, -0.2) is 28.6 Å². The van der Waals surface area contributed by atoms with E-state index >= 15 is 0 Å². The molecule has 0 saturated carbocycles. The lowest BCUT2D eigenvalue weighted by Gasteiger charge is -2.29. The van der Waals surface area contributed by atoms with Gasteiger partial charge in [0, 0.05) is 11.8 Å². The fourth-order valence-electron chi connectivity index (χ4n) is 2.27. The minimum atomic E-state index is -1.02. The lowest BCUT2D eigenvalue weighted by Crippen LogP contribution is -2.38. The van der Waals surface area contributed by atoms with Gasteiger partial charge in [0.25, 0.3) is 0 Å². The molecule has 1 aromatic heterocycles. The van der Waals surface area contributed by atoms with Gasteiger partial charge in [0.1, 0.15) is 5.41 Å². The number of esters is 1. The third kappa shape index (κ3) is 4.42. The van der Waals surface area contributed by atoms with Gasteiger partial charge < -0.3 is 15.6 Å². The number of aromatic nitrogens is 1. The Bertz CT molecular complexity index is 489. The van der Waals surface area contributed by atoms with E-state index in [4.69, 9.17) is 15.6 Å². The molecule has 1 atom stereocenters. The summed E-state index contributed by atoms with van der Waals surface area (Å²) in [5.74, 6) is -1.35. The van der Waals surface area contributed by atoms with E-state index in [2.05, 4.69) is 4.98 Å². The first-order valence-electron chi connectivity index (χ1n) is 7.06. The molecular weight excluding hydrogens is 292 g/mol. The maximum absolute atomic E-state index is 12.5. The average Bonchev–Trinajstić information content (AvgIpc) is 2.86. The van der Waals surface area contributed by atoms with Crippen LogP contribution in [0.3, 0.4) is 0 Å². The predicted molar refractivity (Wildman–Crippen MR) is 81.2 cm³/mol. The third-order valence-corrected chi connectivity index (χ3v) is 4.08. The highest BCUT2D eigenvalue weighted by molar-refractivity contribution is 7.13. The number of aliphatic carboxylic acids is 1. The number of anilines is 1. The SMILES string of the molecule is CCCC[C@@](CCC(=O)O)(C(=O)OCC)c1csc(N)n1. The lowest BCUT2D eigenvalue weighted by atomic mass is 9.76. The largest absolute Gasteiger partial charge is 0.481 e. The summed E-state index contributed by atoms with van der Waals surface area (Å²) >= 11 is 1.25. The number of carboxylic acid groups (broad SMARTS) is 1. The Labute approximate surface area is 128 Å². The molecule has 7 heteroatoms. The van der Waals surface area contributed by atoms with Crippen LogP contribution in [0.1, 0.15) is 51.6 Å². The summed E-state index contributed by atoms with van der Waals surface area (Å²) in [5, 5.41) is 11.1. The highest BCUT2D eigenvalue weighted by atomic mass is 32.1. The van der Waals surface area contributed by atoms with Crippen molar-refractivity contribution in [2.24, 2.45) is 0 Å². The molecule has 0 aliphatic rings. The minimum Gasteiger partial charge on any atom is -0.481 e. The van der Waals surface area contributed by atoms with Gasteiger partial charge in [-0.1, -0.05) is 19.8 Å². The molecule has 6 nitrogen and oxygen atoms in total. The standard InChI is InChI=1S/C14H22N2O4S/c1-3-5-7-14(8-6-11(17)18,12(19)20-4-2)10-9-21-13(15)16-10/h9H,3-8H2,1-2H3,(H2,15,16)(H,17,18)/t14-/m0/s1. The fraction of sp³-hybridized carbons (Fsp3) is 0.643. The van der Waals surface area contributed by atoms with Crippen LogP contribution in [0.5, 0.6) is 0 Å². The molecule has 0 fully saturated rings. The first-order chi connectivity index (χ1) is 9.96. The molecule has 0 bridgehead atoms. The fourth-order valence-corrected chi connectivity index (χ4v) is 2.93. The third-order valence-electron chi connectivity index (χ3n) is 3.40. The second-order valence-electron chi connectivity index (χ2n) is 4.87. The smallest absolute Gasteiger partial charge is 0.318 e. The van der Waals surface area contributed by atoms with Crippen molar-refractivity contribution in [2.45, 2.75) is 51.4 Å². The van der Waals surface area contributed by atoms with Crippen LogP contribution in [0.15, 0.2) is 5.38 Å². The molecule has 1 aromatic rings. The zero-order valence-corrected chi connectivity index (χ0v) is 13.2. The number of carbonyl (C=O) groups is 2. The van der Waals surface area contributed by atoms with Gasteiger partial charge in [0.15, 0.2) is 5.13 Å². The highest BCUT2D eigenvalue weighted by Gasteiger charge is 2.43. The van der Waals surface area contributed by atoms with Crippen molar-refractivity contribution < 1.29 is 19.4 Å². The molecule has 118 valence electrons. The summed E-state index contributed by atoms with van der Waals surface area (Å²) in [6, 6.07) is 0. The van der Waals surface area contributed by atoms with Crippen molar-refractivity contribution in [3.8, 4) is 0 Å². The highest BCUT2D eigenvalue weighted by Crippen LogP contribution is 2.37. The number of hydrogen-bond donors (Lipinski definition) is 2. The zero-order valence-electron chi connectivity index (χ0n) is 12.4. The van der Waals surface area contributed by atoms with E-state index in [0.717, 1.165) is 12.8 Å². The van der Waals surface area contributed by atoms with Crippen LogP contribution in [0, 0.1) is 0 Å². The van der Waals surface area contributed by atoms with Gasteiger partial charge in [-0.3, -0.25) is 9.59 Å². The molecule has 3 N–H and O–H groups in total. The van der Waals surface area contributed by atoms with Crippen LogP contribution >= 0.6 is 11.3 Å². The van der Waals surface area contributed by atoms with Gasteiger partial charge in [-0.2, -0.15) is 0 Å². The summed E-state index contributed by atoms with van der Waals surface area (Å²) in [6.07, 6.45) is 2.26. The van der Waals surface area contributed by atoms with E-state index in [1.54, 1.807) is 12.3 Å². The summed E-state index contributed by atoms with van der Waals surface area (Å²) in [4.78, 5) is 27.7. The van der Waals surface area contributed by atoms with E-state index in [1.807, 2.05) is 6.92 Å². The minimum absolute atomic E-state index is 0.111. The zero-order chi connectivity index (χ0) is 15.9. The maximum Gasteiger partial charge on any atom is 0.318 e. The van der Waals surface area contributed by atoms with Gasteiger partial charge in [-0.05, 0) is 19.8 Å². The van der Waals surface area contributed by atoms with Crippen LogP contribution in [0.4, 0.5) is 5.13 Å². The van der Waals surface area contributed by atoms with Crippen molar-refractivity contribution in [1.29, 1.82) is 0 Å². The summed E-state index contributed by atoms with van der Waals surface area (Å²) in [6.45, 7) is 4.00. The van der Waals surface area contributed by atoms with Crippen molar-refractivity contribution in [3.05, 3.63) is 11.1 Å². The number of nitrogens with two attached hydrogens (primary N) is 1. The molecule has 1 heterocycles. The van der Waals surface area contributed by atoms with Crippen molar-refractivity contribution >= 4 is 28.4 Å². The van der Waals surface area contributed by atoms with E-state index in [-0.39, 0.29) is 19.4 Å². The van der Waals surface area contributed by atoms with Gasteiger partial charge in [0.2, 0.25) is 0 Å². The molecule has 0 aliphatic carbocycles. The van der Waals surface area contributed by atoms with Gasteiger partial charge in [-0.15, -0.1) is 11.3 Å². The van der Waals surface area contributed by atoms with Crippen LogP contribution in [0.2, 0.25) is 0 Å². The molecule has 0 saturated heterocycles. The van der Waals surface area contributed by atoms with Crippen LogP contribution in [-0.2, 0) is 19.7 Å². The van der Waals surface area contributed by atoms with E-state index in [1.165, 1.54) is 11.3 Å². The van der Waals surface area contributed by atoms with Crippen molar-refractivity contribution in [1.82, 2.24) is 4.98 Å². The number of ether oxygens (including phenoxy) is 1. The first-order valence-corrected chi connectivity index (χ1v) is 7.94. The number of nitrogens with zero attached hydrogens (tertiary/aromatic N) is 1. The summed E-state index contributed by atoms with van der Waals surface area (Å²) < 4.78 is 5.19. The number of hydrogen-bond acceptors (Lipinski definition) is 6. The quantitative estimate of drug-likeness (QED) is 0.679. The van der Waals surface area contributed by atoms with E-state index in [9.17, 15) is 9.59 Å². The molecule has 0 aliphatic heterocycles. The Kier molecular flexibility index (Phi) is 6.61. The molecule has 21 heavy (non-hydrogen) atoms. The Morgan fingerprint density at radius 1 is 1.43 bits per heavy atom. The number of carbonyl (C=O) groups excluding carboxylic acids is 1. The molecular formula is C14H22N2O4S. The van der Waals surface area contributed by atoms with Gasteiger partial charge >= 0.3 is 11.9 Å². The molecule has 1 rings (SSSR count). The molecule has 0 aromatic carbocycles. The Morgan fingerprint density at radius 2 is 2.14 bits per heavy atom. The topological polar surface area (TPSA) is 103 Å². The molecule has 0 unspecified atom stereocenters. The number of rotatable bonds is 9. The van der Waals surface area contributed by atoms with E-state index < -0.39 is 17.4 Å². The summed E-state index contributed by atoms with van der Waals surface area (Å²) in [5.41, 5.74) is 5.18. The van der Waals surface area contributed by atoms with E-state index in [0.29, 0.717) is 17.2 Å². The van der Waals surface area contributed by atoms with Gasteiger partial charge in [-0.25, -0.2) is 4.98 Å². The number of unbranched alkanes of at least 4 members (excludes halogenated alkanes) is 1. The average molecular weight is 314 g/mol. The maximum atomic E-state index is 12.5. The number of thiazole rings is 1. The van der Waals surface area contributed by atoms with Crippen molar-refractivity contribution in [3.63, 3.8) is 0 Å². The lowest BCUT2D eigenvalue weighted by molar-refractivity contribution is -0.151.